The first-order valence-corrected chi connectivity index (χ1v) is 7.21. The summed E-state index contributed by atoms with van der Waals surface area (Å²) in [6.07, 6.45) is 1.83. The SMILES string of the molecule is CC(C)(C)OC(=O)N[C@@H]1CCCN1Cc1ccccc1. The van der Waals surface area contributed by atoms with Gasteiger partial charge < -0.3 is 10.1 Å². The molecule has 0 saturated carbocycles. The molecule has 1 aliphatic heterocycles. The van der Waals surface area contributed by atoms with Crippen molar-refractivity contribution in [2.75, 3.05) is 6.54 Å². The summed E-state index contributed by atoms with van der Waals surface area (Å²) in [6.45, 7) is 7.51. The second-order valence-corrected chi connectivity index (χ2v) is 6.26. The Kier molecular flexibility index (Phi) is 4.65. The molecule has 110 valence electrons. The quantitative estimate of drug-likeness (QED) is 0.922. The van der Waals surface area contributed by atoms with E-state index in [1.807, 2.05) is 39.0 Å². The van der Waals surface area contributed by atoms with Gasteiger partial charge in [-0.3, -0.25) is 4.90 Å². The first-order chi connectivity index (χ1) is 9.44. The van der Waals surface area contributed by atoms with E-state index >= 15 is 0 Å². The van der Waals surface area contributed by atoms with Crippen LogP contribution in [-0.2, 0) is 11.3 Å². The van der Waals surface area contributed by atoms with E-state index in [4.69, 9.17) is 4.74 Å². The summed E-state index contributed by atoms with van der Waals surface area (Å²) in [5, 5.41) is 2.97. The normalized spacial score (nSPS) is 19.9. The average Bonchev–Trinajstić information content (AvgIpc) is 2.75. The number of alkyl carbamates (subject to hydrolysis) is 1. The lowest BCUT2D eigenvalue weighted by atomic mass is 10.2. The third-order valence-electron chi connectivity index (χ3n) is 3.28. The van der Waals surface area contributed by atoms with E-state index in [1.165, 1.54) is 5.56 Å². The van der Waals surface area contributed by atoms with Gasteiger partial charge in [0, 0.05) is 13.1 Å². The number of benzene rings is 1. The minimum Gasteiger partial charge on any atom is -0.444 e. The molecule has 1 aliphatic rings. The van der Waals surface area contributed by atoms with Gasteiger partial charge in [0.05, 0.1) is 6.17 Å². The van der Waals surface area contributed by atoms with Gasteiger partial charge in [0.15, 0.2) is 0 Å². The summed E-state index contributed by atoms with van der Waals surface area (Å²) in [7, 11) is 0. The third-order valence-corrected chi connectivity index (χ3v) is 3.28. The minimum atomic E-state index is -0.451. The van der Waals surface area contributed by atoms with Crippen LogP contribution in [0, 0.1) is 0 Å². The fourth-order valence-electron chi connectivity index (χ4n) is 2.44. The number of likely N-dealkylation sites (tertiary alicyclic amines) is 1. The number of amides is 1. The zero-order valence-corrected chi connectivity index (χ0v) is 12.6. The van der Waals surface area contributed by atoms with E-state index in [1.54, 1.807) is 0 Å². The minimum absolute atomic E-state index is 0.0741. The van der Waals surface area contributed by atoms with Crippen molar-refractivity contribution in [3.8, 4) is 0 Å². The van der Waals surface area contributed by atoms with Crippen LogP contribution in [0.25, 0.3) is 0 Å². The molecule has 0 radical (unpaired) electrons. The molecular weight excluding hydrogens is 252 g/mol. The second kappa shape index (κ2) is 6.27. The zero-order chi connectivity index (χ0) is 14.6. The summed E-state index contributed by atoms with van der Waals surface area (Å²) in [5.74, 6) is 0. The van der Waals surface area contributed by atoms with Crippen LogP contribution in [0.15, 0.2) is 30.3 Å². The predicted octanol–water partition coefficient (Wildman–Crippen LogP) is 3.13. The Balaban J connectivity index is 1.89. The van der Waals surface area contributed by atoms with Gasteiger partial charge in [0.1, 0.15) is 5.60 Å². The van der Waals surface area contributed by atoms with E-state index in [0.717, 1.165) is 25.9 Å². The van der Waals surface area contributed by atoms with Crippen LogP contribution < -0.4 is 5.32 Å². The van der Waals surface area contributed by atoms with Gasteiger partial charge in [-0.1, -0.05) is 30.3 Å². The van der Waals surface area contributed by atoms with Crippen molar-refractivity contribution in [2.45, 2.75) is 51.9 Å². The van der Waals surface area contributed by atoms with Crippen LogP contribution in [0.2, 0.25) is 0 Å². The smallest absolute Gasteiger partial charge is 0.408 e. The molecule has 1 N–H and O–H groups in total. The lowest BCUT2D eigenvalue weighted by molar-refractivity contribution is 0.0444. The Hall–Kier alpha value is -1.55. The van der Waals surface area contributed by atoms with Gasteiger partial charge in [-0.05, 0) is 39.2 Å². The molecule has 0 unspecified atom stereocenters. The van der Waals surface area contributed by atoms with Gasteiger partial charge in [0.2, 0.25) is 0 Å². The van der Waals surface area contributed by atoms with Crippen molar-refractivity contribution < 1.29 is 9.53 Å². The predicted molar refractivity (Wildman–Crippen MR) is 79.2 cm³/mol. The van der Waals surface area contributed by atoms with Crippen molar-refractivity contribution in [2.24, 2.45) is 0 Å². The van der Waals surface area contributed by atoms with Crippen molar-refractivity contribution >= 4 is 6.09 Å². The second-order valence-electron chi connectivity index (χ2n) is 6.26. The van der Waals surface area contributed by atoms with E-state index < -0.39 is 5.60 Å². The number of nitrogens with zero attached hydrogens (tertiary/aromatic N) is 1. The molecule has 0 aliphatic carbocycles. The molecule has 0 aromatic heterocycles. The summed E-state index contributed by atoms with van der Waals surface area (Å²) in [4.78, 5) is 14.1. The van der Waals surface area contributed by atoms with Crippen molar-refractivity contribution in [1.82, 2.24) is 10.2 Å². The molecule has 0 bridgehead atoms. The highest BCUT2D eigenvalue weighted by Crippen LogP contribution is 2.18. The summed E-state index contributed by atoms with van der Waals surface area (Å²) < 4.78 is 5.32. The van der Waals surface area contributed by atoms with Crippen LogP contribution in [-0.4, -0.2) is 29.3 Å². The molecular formula is C16H24N2O2. The molecule has 0 spiro atoms. The summed E-state index contributed by atoms with van der Waals surface area (Å²) >= 11 is 0. The highest BCUT2D eigenvalue weighted by molar-refractivity contribution is 5.68. The maximum Gasteiger partial charge on any atom is 0.408 e. The Morgan fingerprint density at radius 2 is 2.05 bits per heavy atom. The molecule has 2 rings (SSSR count). The Labute approximate surface area is 121 Å². The Bertz CT molecular complexity index is 440. The molecule has 1 amide bonds. The number of rotatable bonds is 3. The number of ether oxygens (including phenoxy) is 1. The number of hydrogen-bond donors (Lipinski definition) is 1. The van der Waals surface area contributed by atoms with Gasteiger partial charge in [0.25, 0.3) is 0 Å². The first kappa shape index (κ1) is 14.9. The largest absolute Gasteiger partial charge is 0.444 e. The molecule has 1 fully saturated rings. The zero-order valence-electron chi connectivity index (χ0n) is 12.6. The highest BCUT2D eigenvalue weighted by atomic mass is 16.6. The third kappa shape index (κ3) is 4.53. The summed E-state index contributed by atoms with van der Waals surface area (Å²) in [6, 6.07) is 10.3. The van der Waals surface area contributed by atoms with E-state index in [0.29, 0.717) is 0 Å². The molecule has 1 aromatic carbocycles. The number of hydrogen-bond acceptors (Lipinski definition) is 3. The van der Waals surface area contributed by atoms with Gasteiger partial charge in [-0.2, -0.15) is 0 Å². The Morgan fingerprint density at radius 3 is 2.70 bits per heavy atom. The van der Waals surface area contributed by atoms with E-state index in [9.17, 15) is 4.79 Å². The maximum atomic E-state index is 11.9. The molecule has 4 nitrogen and oxygen atoms in total. The Morgan fingerprint density at radius 1 is 1.35 bits per heavy atom. The monoisotopic (exact) mass is 276 g/mol. The van der Waals surface area contributed by atoms with E-state index in [2.05, 4.69) is 22.3 Å². The highest BCUT2D eigenvalue weighted by Gasteiger charge is 2.27. The van der Waals surface area contributed by atoms with Gasteiger partial charge in [-0.25, -0.2) is 4.79 Å². The summed E-state index contributed by atoms with van der Waals surface area (Å²) in [5.41, 5.74) is 0.817. The number of carbonyl (C=O) groups excluding carboxylic acids is 1. The molecule has 1 atom stereocenters. The maximum absolute atomic E-state index is 11.9. The molecule has 1 aromatic rings. The standard InChI is InChI=1S/C16H24N2O2/c1-16(2,3)20-15(19)17-14-10-7-11-18(14)12-13-8-5-4-6-9-13/h4-6,8-9,14H,7,10-12H2,1-3H3,(H,17,19)/t14-/m0/s1. The van der Waals surface area contributed by atoms with Crippen LogP contribution in [0.1, 0.15) is 39.2 Å². The molecule has 1 heterocycles. The molecule has 20 heavy (non-hydrogen) atoms. The average molecular weight is 276 g/mol. The van der Waals surface area contributed by atoms with Crippen LogP contribution >= 0.6 is 0 Å². The first-order valence-electron chi connectivity index (χ1n) is 7.21. The lowest BCUT2D eigenvalue weighted by Gasteiger charge is -2.27. The van der Waals surface area contributed by atoms with Crippen molar-refractivity contribution in [3.05, 3.63) is 35.9 Å². The van der Waals surface area contributed by atoms with Crippen LogP contribution in [0.4, 0.5) is 4.79 Å². The van der Waals surface area contributed by atoms with Crippen LogP contribution in [0.3, 0.4) is 0 Å². The van der Waals surface area contributed by atoms with Crippen molar-refractivity contribution in [3.63, 3.8) is 0 Å². The fourth-order valence-corrected chi connectivity index (χ4v) is 2.44. The molecule has 1 saturated heterocycles. The van der Waals surface area contributed by atoms with Gasteiger partial charge in [-0.15, -0.1) is 0 Å². The van der Waals surface area contributed by atoms with Gasteiger partial charge >= 0.3 is 6.09 Å². The fraction of sp³-hybridized carbons (Fsp3) is 0.562. The number of carbonyl (C=O) groups is 1. The molecule has 4 heteroatoms. The lowest BCUT2D eigenvalue weighted by Crippen LogP contribution is -2.45. The number of nitrogens with one attached hydrogen (secondary N) is 1. The topological polar surface area (TPSA) is 41.6 Å². The van der Waals surface area contributed by atoms with E-state index in [-0.39, 0.29) is 12.3 Å². The van der Waals surface area contributed by atoms with Crippen molar-refractivity contribution in [1.29, 1.82) is 0 Å². The van der Waals surface area contributed by atoms with Crippen LogP contribution in [0.5, 0.6) is 0 Å².